The highest BCUT2D eigenvalue weighted by Crippen LogP contribution is 2.31. The highest BCUT2D eigenvalue weighted by atomic mass is 16.5. The highest BCUT2D eigenvalue weighted by molar-refractivity contribution is 5.91. The van der Waals surface area contributed by atoms with Gasteiger partial charge in [0.15, 0.2) is 0 Å². The molecule has 6 heteroatoms. The van der Waals surface area contributed by atoms with E-state index in [0.29, 0.717) is 17.2 Å². The third kappa shape index (κ3) is 5.65. The number of benzene rings is 3. The maximum absolute atomic E-state index is 12.6. The molecular weight excluding hydrogens is 414 g/mol. The van der Waals surface area contributed by atoms with Gasteiger partial charge in [-0.25, -0.2) is 4.79 Å². The van der Waals surface area contributed by atoms with E-state index in [9.17, 15) is 4.79 Å². The van der Waals surface area contributed by atoms with E-state index in [-0.39, 0.29) is 18.1 Å². The Kier molecular flexibility index (Phi) is 7.47. The Balaban J connectivity index is 1.37. The zero-order valence-corrected chi connectivity index (χ0v) is 19.2. The van der Waals surface area contributed by atoms with Crippen molar-refractivity contribution in [2.24, 2.45) is 0 Å². The van der Waals surface area contributed by atoms with E-state index in [2.05, 4.69) is 76.2 Å². The van der Waals surface area contributed by atoms with Crippen molar-refractivity contribution in [3.8, 4) is 11.5 Å². The number of carbonyl (C=O) groups is 1. The number of amides is 2. The fraction of sp³-hybridized carbons (Fsp3) is 0.296. The van der Waals surface area contributed by atoms with E-state index in [1.807, 2.05) is 0 Å². The summed E-state index contributed by atoms with van der Waals surface area (Å²) in [6.07, 6.45) is 1.78. The van der Waals surface area contributed by atoms with Crippen LogP contribution in [0.2, 0.25) is 0 Å². The van der Waals surface area contributed by atoms with Gasteiger partial charge in [0.1, 0.15) is 11.5 Å². The van der Waals surface area contributed by atoms with Gasteiger partial charge in [0.05, 0.1) is 25.9 Å². The summed E-state index contributed by atoms with van der Waals surface area (Å²) in [5.74, 6) is 1.24. The minimum Gasteiger partial charge on any atom is -0.497 e. The smallest absolute Gasteiger partial charge is 0.319 e. The van der Waals surface area contributed by atoms with Gasteiger partial charge in [-0.05, 0) is 36.1 Å². The average molecular weight is 446 g/mol. The zero-order valence-electron chi connectivity index (χ0n) is 19.2. The second-order valence-electron chi connectivity index (χ2n) is 8.20. The molecule has 33 heavy (non-hydrogen) atoms. The number of hydrogen-bond acceptors (Lipinski definition) is 4. The van der Waals surface area contributed by atoms with E-state index in [4.69, 9.17) is 9.47 Å². The number of likely N-dealkylation sites (tertiary alicyclic amines) is 1. The average Bonchev–Trinajstić information content (AvgIpc) is 2.87. The molecule has 0 unspecified atom stereocenters. The molecule has 3 aromatic carbocycles. The van der Waals surface area contributed by atoms with Crippen molar-refractivity contribution in [2.75, 3.05) is 32.6 Å². The van der Waals surface area contributed by atoms with Gasteiger partial charge in [-0.2, -0.15) is 0 Å². The monoisotopic (exact) mass is 445 g/mol. The number of nitrogens with one attached hydrogen (secondary N) is 2. The lowest BCUT2D eigenvalue weighted by Crippen LogP contribution is -2.47. The first-order valence-electron chi connectivity index (χ1n) is 11.3. The summed E-state index contributed by atoms with van der Waals surface area (Å²) >= 11 is 0. The van der Waals surface area contributed by atoms with Crippen molar-refractivity contribution in [3.63, 3.8) is 0 Å². The molecule has 1 aliphatic heterocycles. The van der Waals surface area contributed by atoms with E-state index in [0.717, 1.165) is 25.9 Å². The first kappa shape index (κ1) is 22.7. The summed E-state index contributed by atoms with van der Waals surface area (Å²) in [6, 6.07) is 26.7. The largest absolute Gasteiger partial charge is 0.497 e. The van der Waals surface area contributed by atoms with Gasteiger partial charge in [-0.15, -0.1) is 0 Å². The molecule has 1 aliphatic rings. The molecule has 4 rings (SSSR count). The van der Waals surface area contributed by atoms with Crippen LogP contribution in [0.1, 0.15) is 30.0 Å². The topological polar surface area (TPSA) is 62.8 Å². The highest BCUT2D eigenvalue weighted by Gasteiger charge is 2.28. The molecule has 2 N–H and O–H groups in total. The molecule has 0 aromatic heterocycles. The van der Waals surface area contributed by atoms with Crippen LogP contribution < -0.4 is 20.1 Å². The molecule has 0 saturated carbocycles. The lowest BCUT2D eigenvalue weighted by atomic mass is 9.94. The summed E-state index contributed by atoms with van der Waals surface area (Å²) in [7, 11) is 3.17. The third-order valence-electron chi connectivity index (χ3n) is 6.12. The van der Waals surface area contributed by atoms with Gasteiger partial charge in [0.25, 0.3) is 0 Å². The maximum atomic E-state index is 12.6. The molecule has 0 spiro atoms. The Morgan fingerprint density at radius 1 is 0.879 bits per heavy atom. The fourth-order valence-corrected chi connectivity index (χ4v) is 4.43. The normalized spacial score (nSPS) is 14.6. The molecule has 1 fully saturated rings. The number of urea groups is 1. The summed E-state index contributed by atoms with van der Waals surface area (Å²) in [4.78, 5) is 15.1. The number of nitrogens with zero attached hydrogens (tertiary/aromatic N) is 1. The molecule has 172 valence electrons. The number of hydrogen-bond donors (Lipinski definition) is 2. The first-order chi connectivity index (χ1) is 16.2. The summed E-state index contributed by atoms with van der Waals surface area (Å²) < 4.78 is 10.6. The van der Waals surface area contributed by atoms with Crippen LogP contribution in [0.15, 0.2) is 78.9 Å². The van der Waals surface area contributed by atoms with E-state index < -0.39 is 0 Å². The molecule has 0 atom stereocenters. The van der Waals surface area contributed by atoms with E-state index >= 15 is 0 Å². The van der Waals surface area contributed by atoms with E-state index in [1.165, 1.54) is 11.1 Å². The van der Waals surface area contributed by atoms with Crippen LogP contribution in [0.3, 0.4) is 0 Å². The lowest BCUT2D eigenvalue weighted by molar-refractivity contribution is 0.164. The van der Waals surface area contributed by atoms with Crippen molar-refractivity contribution >= 4 is 11.7 Å². The zero-order chi connectivity index (χ0) is 23.0. The Bertz CT molecular complexity index is 995. The SMILES string of the molecule is COc1ccc(NC(=O)NC2CCN(C(c3ccccc3)c3ccccc3)CC2)c(OC)c1. The maximum Gasteiger partial charge on any atom is 0.319 e. The van der Waals surface area contributed by atoms with Crippen LogP contribution in [0, 0.1) is 0 Å². The molecule has 0 aliphatic carbocycles. The first-order valence-corrected chi connectivity index (χ1v) is 11.3. The van der Waals surface area contributed by atoms with Crippen molar-refractivity contribution < 1.29 is 14.3 Å². The molecular formula is C27H31N3O3. The number of anilines is 1. The molecule has 0 bridgehead atoms. The van der Waals surface area contributed by atoms with Gasteiger partial charge in [-0.3, -0.25) is 4.90 Å². The van der Waals surface area contributed by atoms with Crippen LogP contribution in [-0.4, -0.2) is 44.3 Å². The van der Waals surface area contributed by atoms with Gasteiger partial charge in [0.2, 0.25) is 0 Å². The molecule has 6 nitrogen and oxygen atoms in total. The summed E-state index contributed by atoms with van der Waals surface area (Å²) in [5, 5.41) is 6.02. The molecule has 3 aromatic rings. The number of rotatable bonds is 7. The second kappa shape index (κ2) is 10.9. The quantitative estimate of drug-likeness (QED) is 0.532. The number of methoxy groups -OCH3 is 2. The van der Waals surface area contributed by atoms with Crippen LogP contribution in [0.5, 0.6) is 11.5 Å². The van der Waals surface area contributed by atoms with Crippen molar-refractivity contribution in [3.05, 3.63) is 90.0 Å². The lowest BCUT2D eigenvalue weighted by Gasteiger charge is -2.38. The number of piperidine rings is 1. The standard InChI is InChI=1S/C27H31N3O3/c1-32-23-13-14-24(25(19-23)33-2)29-27(31)28-22-15-17-30(18-16-22)26(20-9-5-3-6-10-20)21-11-7-4-8-12-21/h3-14,19,22,26H,15-18H2,1-2H3,(H2,28,29,31). The summed E-state index contributed by atoms with van der Waals surface area (Å²) in [6.45, 7) is 1.82. The predicted octanol–water partition coefficient (Wildman–Crippen LogP) is 5.08. The number of carbonyl (C=O) groups excluding carboxylic acids is 1. The Labute approximate surface area is 195 Å². The van der Waals surface area contributed by atoms with Crippen LogP contribution >= 0.6 is 0 Å². The van der Waals surface area contributed by atoms with Crippen LogP contribution in [-0.2, 0) is 0 Å². The second-order valence-corrected chi connectivity index (χ2v) is 8.20. The minimum atomic E-state index is -0.223. The fourth-order valence-electron chi connectivity index (χ4n) is 4.43. The Hall–Kier alpha value is -3.51. The van der Waals surface area contributed by atoms with Gasteiger partial charge in [0, 0.05) is 25.2 Å². The van der Waals surface area contributed by atoms with Crippen LogP contribution in [0.25, 0.3) is 0 Å². The summed E-state index contributed by atoms with van der Waals surface area (Å²) in [5.41, 5.74) is 3.19. The predicted molar refractivity (Wildman–Crippen MR) is 131 cm³/mol. The van der Waals surface area contributed by atoms with Gasteiger partial charge >= 0.3 is 6.03 Å². The molecule has 0 radical (unpaired) electrons. The van der Waals surface area contributed by atoms with Crippen molar-refractivity contribution in [2.45, 2.75) is 24.9 Å². The van der Waals surface area contributed by atoms with Crippen LogP contribution in [0.4, 0.5) is 10.5 Å². The van der Waals surface area contributed by atoms with Gasteiger partial charge in [-0.1, -0.05) is 60.7 Å². The minimum absolute atomic E-state index is 0.123. The molecule has 1 heterocycles. The Morgan fingerprint density at radius 3 is 2.03 bits per heavy atom. The van der Waals surface area contributed by atoms with Crippen molar-refractivity contribution in [1.29, 1.82) is 0 Å². The number of ether oxygens (including phenoxy) is 2. The van der Waals surface area contributed by atoms with E-state index in [1.54, 1.807) is 32.4 Å². The van der Waals surface area contributed by atoms with Gasteiger partial charge < -0.3 is 20.1 Å². The molecule has 2 amide bonds. The van der Waals surface area contributed by atoms with Crippen molar-refractivity contribution in [1.82, 2.24) is 10.2 Å². The Morgan fingerprint density at radius 2 is 1.48 bits per heavy atom. The third-order valence-corrected chi connectivity index (χ3v) is 6.12. The molecule has 1 saturated heterocycles.